The molecule has 2 rings (SSSR count). The fourth-order valence-corrected chi connectivity index (χ4v) is 2.03. The van der Waals surface area contributed by atoms with Gasteiger partial charge in [0.15, 0.2) is 12.3 Å². The van der Waals surface area contributed by atoms with Crippen molar-refractivity contribution in [3.63, 3.8) is 0 Å². The summed E-state index contributed by atoms with van der Waals surface area (Å²) < 4.78 is 15.3. The lowest BCUT2D eigenvalue weighted by atomic mass is 10.3. The molecule has 0 saturated carbocycles. The average molecular weight is 332 g/mol. The highest BCUT2D eigenvalue weighted by Gasteiger charge is 2.21. The van der Waals surface area contributed by atoms with Crippen LogP contribution in [0.1, 0.15) is 30.2 Å². The van der Waals surface area contributed by atoms with Gasteiger partial charge in [0.25, 0.3) is 5.91 Å². The molecule has 1 amide bonds. The lowest BCUT2D eigenvalue weighted by Gasteiger charge is -2.25. The zero-order valence-corrected chi connectivity index (χ0v) is 13.9. The summed E-state index contributed by atoms with van der Waals surface area (Å²) in [5.74, 6) is 0.0994. The Morgan fingerprint density at radius 2 is 1.96 bits per heavy atom. The first kappa shape index (κ1) is 17.5. The molecule has 2 aromatic rings. The number of nitrogens with zero attached hydrogens (tertiary/aromatic N) is 2. The molecule has 0 bridgehead atoms. The molecule has 0 aliphatic carbocycles. The van der Waals surface area contributed by atoms with Crippen LogP contribution in [0.5, 0.6) is 5.75 Å². The molecule has 128 valence electrons. The fourth-order valence-electron chi connectivity index (χ4n) is 2.03. The molecule has 7 nitrogen and oxygen atoms in total. The van der Waals surface area contributed by atoms with E-state index in [-0.39, 0.29) is 36.7 Å². The van der Waals surface area contributed by atoms with Gasteiger partial charge in [0.05, 0.1) is 13.7 Å². The summed E-state index contributed by atoms with van der Waals surface area (Å²) in [5, 5.41) is 0. The number of carbonyl (C=O) groups excluding carboxylic acids is 2. The lowest BCUT2D eigenvalue weighted by molar-refractivity contribution is -0.136. The minimum Gasteiger partial charge on any atom is -0.484 e. The number of rotatable bonds is 7. The average Bonchev–Trinajstić information content (AvgIpc) is 3.06. The Hall–Kier alpha value is -2.83. The fraction of sp³-hybridized carbons (Fsp3) is 0.353. The molecule has 7 heteroatoms. The van der Waals surface area contributed by atoms with Crippen molar-refractivity contribution in [2.75, 3.05) is 13.7 Å². The number of hydrogen-bond acceptors (Lipinski definition) is 6. The second kappa shape index (κ2) is 8.14. The number of oxazole rings is 1. The molecule has 24 heavy (non-hydrogen) atoms. The van der Waals surface area contributed by atoms with E-state index in [0.29, 0.717) is 5.75 Å². The predicted molar refractivity (Wildman–Crippen MR) is 85.5 cm³/mol. The summed E-state index contributed by atoms with van der Waals surface area (Å²) in [5.41, 5.74) is 0.0733. The number of ether oxygens (including phenoxy) is 2. The Morgan fingerprint density at radius 1 is 1.25 bits per heavy atom. The summed E-state index contributed by atoms with van der Waals surface area (Å²) in [6, 6.07) is 9.03. The Bertz CT molecular complexity index is 681. The van der Waals surface area contributed by atoms with Crippen molar-refractivity contribution in [3.05, 3.63) is 48.2 Å². The molecular formula is C17H20N2O5. The second-order valence-electron chi connectivity index (χ2n) is 5.34. The Morgan fingerprint density at radius 3 is 2.58 bits per heavy atom. The SMILES string of the molecule is COC(=O)c1coc(CN(C(=O)COc2ccccc2)C(C)C)n1. The molecule has 1 aromatic heterocycles. The summed E-state index contributed by atoms with van der Waals surface area (Å²) in [4.78, 5) is 29.4. The highest BCUT2D eigenvalue weighted by Crippen LogP contribution is 2.12. The van der Waals surface area contributed by atoms with Gasteiger partial charge < -0.3 is 18.8 Å². The third-order valence-electron chi connectivity index (χ3n) is 3.30. The predicted octanol–water partition coefficient (Wildman–Crippen LogP) is 2.28. The molecule has 1 aromatic carbocycles. The van der Waals surface area contributed by atoms with Crippen molar-refractivity contribution in [2.24, 2.45) is 0 Å². The number of para-hydroxylation sites is 1. The maximum atomic E-state index is 12.4. The molecule has 0 unspecified atom stereocenters. The van der Waals surface area contributed by atoms with E-state index < -0.39 is 5.97 Å². The molecule has 0 spiro atoms. The van der Waals surface area contributed by atoms with Gasteiger partial charge in [-0.25, -0.2) is 9.78 Å². The van der Waals surface area contributed by atoms with Crippen LogP contribution in [0.4, 0.5) is 0 Å². The van der Waals surface area contributed by atoms with E-state index >= 15 is 0 Å². The first-order valence-electron chi connectivity index (χ1n) is 7.51. The van der Waals surface area contributed by atoms with Crippen LogP contribution in [0.2, 0.25) is 0 Å². The summed E-state index contributed by atoms with van der Waals surface area (Å²) in [7, 11) is 1.27. The zero-order chi connectivity index (χ0) is 17.5. The molecule has 0 radical (unpaired) electrons. The van der Waals surface area contributed by atoms with E-state index in [9.17, 15) is 9.59 Å². The molecule has 0 saturated heterocycles. The van der Waals surface area contributed by atoms with Crippen LogP contribution in [0.15, 0.2) is 41.0 Å². The summed E-state index contributed by atoms with van der Waals surface area (Å²) in [6.45, 7) is 3.81. The number of aromatic nitrogens is 1. The quantitative estimate of drug-likeness (QED) is 0.724. The monoisotopic (exact) mass is 332 g/mol. The lowest BCUT2D eigenvalue weighted by Crippen LogP contribution is -2.39. The number of amides is 1. The third-order valence-corrected chi connectivity index (χ3v) is 3.30. The van der Waals surface area contributed by atoms with Gasteiger partial charge in [-0.3, -0.25) is 4.79 Å². The van der Waals surface area contributed by atoms with Crippen molar-refractivity contribution in [3.8, 4) is 5.75 Å². The van der Waals surface area contributed by atoms with Crippen molar-refractivity contribution in [2.45, 2.75) is 26.4 Å². The van der Waals surface area contributed by atoms with E-state index in [0.717, 1.165) is 0 Å². The topological polar surface area (TPSA) is 81.9 Å². The zero-order valence-electron chi connectivity index (χ0n) is 13.9. The van der Waals surface area contributed by atoms with Crippen LogP contribution >= 0.6 is 0 Å². The van der Waals surface area contributed by atoms with Crippen LogP contribution in [-0.4, -0.2) is 41.5 Å². The standard InChI is InChI=1S/C17H20N2O5/c1-12(2)19(9-15-18-14(10-24-15)17(21)22-3)16(20)11-23-13-7-5-4-6-8-13/h4-8,10,12H,9,11H2,1-3H3. The molecule has 0 atom stereocenters. The minimum atomic E-state index is -0.583. The molecule has 0 aliphatic rings. The van der Waals surface area contributed by atoms with Crippen molar-refractivity contribution in [1.82, 2.24) is 9.88 Å². The van der Waals surface area contributed by atoms with Crippen molar-refractivity contribution >= 4 is 11.9 Å². The van der Waals surface area contributed by atoms with E-state index in [2.05, 4.69) is 9.72 Å². The van der Waals surface area contributed by atoms with Gasteiger partial charge in [-0.15, -0.1) is 0 Å². The van der Waals surface area contributed by atoms with Gasteiger partial charge >= 0.3 is 5.97 Å². The van der Waals surface area contributed by atoms with E-state index in [1.54, 1.807) is 17.0 Å². The summed E-state index contributed by atoms with van der Waals surface area (Å²) >= 11 is 0. The van der Waals surface area contributed by atoms with E-state index in [1.165, 1.54) is 13.4 Å². The first-order valence-corrected chi connectivity index (χ1v) is 7.51. The van der Waals surface area contributed by atoms with Crippen molar-refractivity contribution < 1.29 is 23.5 Å². The van der Waals surface area contributed by atoms with E-state index in [4.69, 9.17) is 9.15 Å². The largest absolute Gasteiger partial charge is 0.484 e. The maximum absolute atomic E-state index is 12.4. The minimum absolute atomic E-state index is 0.0733. The number of carbonyl (C=O) groups is 2. The van der Waals surface area contributed by atoms with Gasteiger partial charge in [-0.05, 0) is 26.0 Å². The second-order valence-corrected chi connectivity index (χ2v) is 5.34. The highest BCUT2D eigenvalue weighted by atomic mass is 16.5. The van der Waals surface area contributed by atoms with Gasteiger partial charge in [0.1, 0.15) is 12.0 Å². The van der Waals surface area contributed by atoms with Gasteiger partial charge in [-0.1, -0.05) is 18.2 Å². The first-order chi connectivity index (χ1) is 11.5. The van der Waals surface area contributed by atoms with Crippen LogP contribution in [0.25, 0.3) is 0 Å². The Balaban J connectivity index is 1.99. The number of hydrogen-bond donors (Lipinski definition) is 0. The van der Waals surface area contributed by atoms with Gasteiger partial charge in [0, 0.05) is 6.04 Å². The maximum Gasteiger partial charge on any atom is 0.360 e. The third kappa shape index (κ3) is 4.58. The van der Waals surface area contributed by atoms with Crippen LogP contribution in [0, 0.1) is 0 Å². The van der Waals surface area contributed by atoms with E-state index in [1.807, 2.05) is 32.0 Å². The van der Waals surface area contributed by atoms with Gasteiger partial charge in [0.2, 0.25) is 5.89 Å². The van der Waals surface area contributed by atoms with Crippen LogP contribution < -0.4 is 4.74 Å². The number of esters is 1. The van der Waals surface area contributed by atoms with Crippen LogP contribution in [-0.2, 0) is 16.1 Å². The molecular weight excluding hydrogens is 312 g/mol. The molecule has 0 N–H and O–H groups in total. The van der Waals surface area contributed by atoms with Gasteiger partial charge in [-0.2, -0.15) is 0 Å². The normalized spacial score (nSPS) is 10.5. The Labute approximate surface area is 140 Å². The molecule has 0 fully saturated rings. The Kier molecular flexibility index (Phi) is 5.95. The number of methoxy groups -OCH3 is 1. The highest BCUT2D eigenvalue weighted by molar-refractivity contribution is 5.86. The van der Waals surface area contributed by atoms with Crippen LogP contribution in [0.3, 0.4) is 0 Å². The molecule has 1 heterocycles. The summed E-state index contributed by atoms with van der Waals surface area (Å²) in [6.07, 6.45) is 1.21. The smallest absolute Gasteiger partial charge is 0.360 e. The number of benzene rings is 1. The van der Waals surface area contributed by atoms with Crippen molar-refractivity contribution in [1.29, 1.82) is 0 Å². The molecule has 0 aliphatic heterocycles.